The molecule has 2 unspecified atom stereocenters. The molecule has 0 fully saturated rings. The molecule has 3 aromatic rings. The highest BCUT2D eigenvalue weighted by Crippen LogP contribution is 2.38. The fraction of sp³-hybridized carbons (Fsp3) is 0.320. The molecule has 8 nitrogen and oxygen atoms in total. The van der Waals surface area contributed by atoms with Crippen LogP contribution in [0.25, 0.3) is 11.0 Å². The van der Waals surface area contributed by atoms with Crippen molar-refractivity contribution < 1.29 is 14.4 Å². The van der Waals surface area contributed by atoms with Crippen molar-refractivity contribution in [1.82, 2.24) is 0 Å². The van der Waals surface area contributed by atoms with Gasteiger partial charge in [-0.2, -0.15) is 5.10 Å². The van der Waals surface area contributed by atoms with Crippen LogP contribution in [0.5, 0.6) is 5.75 Å². The minimum atomic E-state index is -0.575. The molecular weight excluding hydrogens is 418 g/mol. The first-order valence-corrected chi connectivity index (χ1v) is 11.1. The lowest BCUT2D eigenvalue weighted by Crippen LogP contribution is -3.12. The number of guanidine groups is 1. The molecule has 0 aliphatic heterocycles. The summed E-state index contributed by atoms with van der Waals surface area (Å²) >= 11 is 0. The van der Waals surface area contributed by atoms with Crippen LogP contribution in [0.1, 0.15) is 37.8 Å². The van der Waals surface area contributed by atoms with E-state index in [1.54, 1.807) is 24.3 Å². The van der Waals surface area contributed by atoms with E-state index in [4.69, 9.17) is 15.9 Å². The van der Waals surface area contributed by atoms with Gasteiger partial charge in [-0.3, -0.25) is 0 Å². The smallest absolute Gasteiger partial charge is 0.343 e. The number of nitrogens with two attached hydrogens (primary N) is 2. The average molecular weight is 451 g/mol. The summed E-state index contributed by atoms with van der Waals surface area (Å²) in [6, 6.07) is 16.6. The number of hydrogen-bond acceptors (Lipinski definition) is 5. The number of aromatic hydroxyl groups is 1. The van der Waals surface area contributed by atoms with Crippen molar-refractivity contribution in [3.8, 4) is 5.75 Å². The second-order valence-electron chi connectivity index (χ2n) is 8.07. The Bertz CT molecular complexity index is 1200. The second kappa shape index (κ2) is 10.8. The lowest BCUT2D eigenvalue weighted by atomic mass is 9.78. The average Bonchev–Trinajstić information content (AvgIpc) is 2.82. The highest BCUT2D eigenvalue weighted by atomic mass is 16.4. The van der Waals surface area contributed by atoms with Gasteiger partial charge in [0, 0.05) is 11.6 Å². The normalized spacial score (nSPS) is 13.8. The van der Waals surface area contributed by atoms with E-state index in [1.807, 2.05) is 37.3 Å². The van der Waals surface area contributed by atoms with Crippen LogP contribution in [-0.2, 0) is 0 Å². The highest BCUT2D eigenvalue weighted by Gasteiger charge is 2.35. The molecule has 2 aromatic carbocycles. The Kier molecular flexibility index (Phi) is 7.84. The lowest BCUT2D eigenvalue weighted by molar-refractivity contribution is -0.898. The molecule has 0 aliphatic rings. The third-order valence-electron chi connectivity index (χ3n) is 6.06. The van der Waals surface area contributed by atoms with Gasteiger partial charge in [-0.15, -0.1) is 5.10 Å². The Labute approximate surface area is 193 Å². The number of fused-ring (bicyclic) bond motifs is 1. The minimum absolute atomic E-state index is 0.0788. The van der Waals surface area contributed by atoms with Gasteiger partial charge in [0.2, 0.25) is 5.96 Å². The highest BCUT2D eigenvalue weighted by molar-refractivity contribution is 5.88. The first-order valence-electron chi connectivity index (χ1n) is 11.1. The summed E-state index contributed by atoms with van der Waals surface area (Å²) in [5, 5.41) is 19.9. The van der Waals surface area contributed by atoms with E-state index in [0.717, 1.165) is 18.7 Å². The largest absolute Gasteiger partial charge is 0.507 e. The summed E-state index contributed by atoms with van der Waals surface area (Å²) in [5.74, 6) is -1.02. The first-order chi connectivity index (χ1) is 15.9. The molecule has 1 heterocycles. The summed E-state index contributed by atoms with van der Waals surface area (Å²) in [4.78, 5) is 14.6. The molecule has 0 saturated heterocycles. The third-order valence-corrected chi connectivity index (χ3v) is 6.06. The number of benzene rings is 2. The van der Waals surface area contributed by atoms with Crippen molar-refractivity contribution in [2.24, 2.45) is 27.6 Å². The van der Waals surface area contributed by atoms with Crippen molar-refractivity contribution in [2.75, 3.05) is 19.6 Å². The fourth-order valence-electron chi connectivity index (χ4n) is 4.25. The molecule has 8 heteroatoms. The van der Waals surface area contributed by atoms with Crippen LogP contribution in [0.15, 0.2) is 74.0 Å². The van der Waals surface area contributed by atoms with Crippen LogP contribution in [0.2, 0.25) is 0 Å². The van der Waals surface area contributed by atoms with Gasteiger partial charge in [-0.1, -0.05) is 42.5 Å². The molecule has 0 aliphatic carbocycles. The van der Waals surface area contributed by atoms with Crippen LogP contribution in [-0.4, -0.2) is 36.4 Å². The molecule has 33 heavy (non-hydrogen) atoms. The van der Waals surface area contributed by atoms with Crippen LogP contribution >= 0.6 is 0 Å². The van der Waals surface area contributed by atoms with Gasteiger partial charge in [0.1, 0.15) is 11.3 Å². The van der Waals surface area contributed by atoms with Gasteiger partial charge in [0.15, 0.2) is 0 Å². The number of rotatable bonds is 9. The predicted molar refractivity (Wildman–Crippen MR) is 132 cm³/mol. The molecule has 174 valence electrons. The second-order valence-corrected chi connectivity index (χ2v) is 8.07. The van der Waals surface area contributed by atoms with E-state index in [1.165, 1.54) is 4.90 Å². The summed E-state index contributed by atoms with van der Waals surface area (Å²) in [6.07, 6.45) is 0. The molecule has 0 bridgehead atoms. The van der Waals surface area contributed by atoms with E-state index >= 15 is 0 Å². The van der Waals surface area contributed by atoms with Gasteiger partial charge >= 0.3 is 5.63 Å². The Morgan fingerprint density at radius 2 is 1.67 bits per heavy atom. The van der Waals surface area contributed by atoms with Gasteiger partial charge < -0.3 is 25.9 Å². The quantitative estimate of drug-likeness (QED) is 0.171. The molecule has 0 amide bonds. The predicted octanol–water partition coefficient (Wildman–Crippen LogP) is 1.82. The van der Waals surface area contributed by atoms with Gasteiger partial charge in [0.25, 0.3) is 0 Å². The van der Waals surface area contributed by atoms with Gasteiger partial charge in [-0.25, -0.2) is 4.79 Å². The fourth-order valence-corrected chi connectivity index (χ4v) is 4.25. The van der Waals surface area contributed by atoms with Crippen LogP contribution in [0.3, 0.4) is 0 Å². The van der Waals surface area contributed by atoms with Crippen molar-refractivity contribution in [1.29, 1.82) is 0 Å². The summed E-state index contributed by atoms with van der Waals surface area (Å²) in [5.41, 5.74) is 12.5. The Hall–Kier alpha value is -3.65. The van der Waals surface area contributed by atoms with Crippen molar-refractivity contribution >= 4 is 22.6 Å². The molecule has 1 aromatic heterocycles. The topological polar surface area (TPSA) is 132 Å². The number of hydrogen-bond donors (Lipinski definition) is 4. The summed E-state index contributed by atoms with van der Waals surface area (Å²) < 4.78 is 5.63. The minimum Gasteiger partial charge on any atom is -0.507 e. The SMILES string of the molecule is CC[NH+](CC)CC(C(C)=NN=C(N)N)C(c1ccccc1)c1c(O)c2ccccc2oc1=O. The van der Waals surface area contributed by atoms with Gasteiger partial charge in [0.05, 0.1) is 36.5 Å². The Morgan fingerprint density at radius 1 is 1.03 bits per heavy atom. The number of para-hydroxylation sites is 1. The van der Waals surface area contributed by atoms with Crippen molar-refractivity contribution in [3.63, 3.8) is 0 Å². The van der Waals surface area contributed by atoms with Crippen LogP contribution in [0, 0.1) is 5.92 Å². The first kappa shape index (κ1) is 24.0. The zero-order chi connectivity index (χ0) is 24.0. The molecule has 2 atom stereocenters. The molecule has 0 spiro atoms. The third kappa shape index (κ3) is 5.40. The number of nitrogens with zero attached hydrogens (tertiary/aromatic N) is 2. The maximum Gasteiger partial charge on any atom is 0.343 e. The lowest BCUT2D eigenvalue weighted by Gasteiger charge is -2.30. The molecular formula is C25H32N5O3+. The zero-order valence-corrected chi connectivity index (χ0v) is 19.3. The Morgan fingerprint density at radius 3 is 2.30 bits per heavy atom. The van der Waals surface area contributed by atoms with E-state index < -0.39 is 11.5 Å². The molecule has 0 saturated carbocycles. The maximum atomic E-state index is 13.2. The molecule has 3 rings (SSSR count). The van der Waals surface area contributed by atoms with Crippen LogP contribution < -0.4 is 22.0 Å². The van der Waals surface area contributed by atoms with E-state index in [2.05, 4.69) is 24.1 Å². The zero-order valence-electron chi connectivity index (χ0n) is 19.3. The maximum absolute atomic E-state index is 13.2. The van der Waals surface area contributed by atoms with Gasteiger partial charge in [-0.05, 0) is 38.5 Å². The summed E-state index contributed by atoms with van der Waals surface area (Å²) in [6.45, 7) is 8.50. The Balaban J connectivity index is 2.30. The van der Waals surface area contributed by atoms with E-state index in [0.29, 0.717) is 23.2 Å². The summed E-state index contributed by atoms with van der Waals surface area (Å²) in [7, 11) is 0. The van der Waals surface area contributed by atoms with Crippen molar-refractivity contribution in [3.05, 3.63) is 76.1 Å². The van der Waals surface area contributed by atoms with E-state index in [-0.39, 0.29) is 23.2 Å². The van der Waals surface area contributed by atoms with Crippen molar-refractivity contribution in [2.45, 2.75) is 26.7 Å². The number of nitrogens with one attached hydrogen (secondary N) is 1. The molecule has 6 N–H and O–H groups in total. The number of quaternary nitrogens is 1. The van der Waals surface area contributed by atoms with Crippen LogP contribution in [0.4, 0.5) is 0 Å². The molecule has 0 radical (unpaired) electrons. The standard InChI is InChI=1S/C25H31N5O3/c1-4-30(5-2)15-19(16(3)28-29-25(26)27)21(17-11-7-6-8-12-17)22-23(31)18-13-9-10-14-20(18)33-24(22)32/h6-14,19,21,31H,4-5,15H2,1-3H3,(H4,26,27,29)/p+1. The van der Waals surface area contributed by atoms with E-state index in [9.17, 15) is 9.90 Å². The monoisotopic (exact) mass is 450 g/mol.